The zero-order valence-corrected chi connectivity index (χ0v) is 10.8. The van der Waals surface area contributed by atoms with Crippen molar-refractivity contribution in [1.82, 2.24) is 0 Å². The van der Waals surface area contributed by atoms with E-state index in [4.69, 9.17) is 17.3 Å². The van der Waals surface area contributed by atoms with Crippen LogP contribution in [0.25, 0.3) is 0 Å². The van der Waals surface area contributed by atoms with Gasteiger partial charge in [-0.3, -0.25) is 0 Å². The Bertz CT molecular complexity index is 409. The number of nitrogens with zero attached hydrogens (tertiary/aromatic N) is 1. The van der Waals surface area contributed by atoms with Gasteiger partial charge in [0.15, 0.2) is 0 Å². The van der Waals surface area contributed by atoms with E-state index >= 15 is 0 Å². The van der Waals surface area contributed by atoms with Crippen LogP contribution < -0.4 is 10.6 Å². The first kappa shape index (κ1) is 12.5. The Morgan fingerprint density at radius 2 is 2.12 bits per heavy atom. The molecule has 1 aromatic carbocycles. The molecule has 4 heteroatoms. The highest BCUT2D eigenvalue weighted by Crippen LogP contribution is 2.32. The predicted octanol–water partition coefficient (Wildman–Crippen LogP) is 3.83. The van der Waals surface area contributed by atoms with Crippen LogP contribution in [0.15, 0.2) is 12.1 Å². The quantitative estimate of drug-likeness (QED) is 0.774. The third kappa shape index (κ3) is 2.65. The Hall–Kier alpha value is -0.960. The van der Waals surface area contributed by atoms with Crippen molar-refractivity contribution in [3.8, 4) is 0 Å². The lowest BCUT2D eigenvalue weighted by molar-refractivity contribution is 0.612. The first-order valence-electron chi connectivity index (χ1n) is 6.10. The van der Waals surface area contributed by atoms with Crippen molar-refractivity contribution >= 4 is 23.0 Å². The van der Waals surface area contributed by atoms with Gasteiger partial charge in [0.2, 0.25) is 0 Å². The Kier molecular flexibility index (Phi) is 3.77. The van der Waals surface area contributed by atoms with E-state index in [2.05, 4.69) is 11.8 Å². The van der Waals surface area contributed by atoms with Crippen LogP contribution in [0.1, 0.15) is 32.6 Å². The van der Waals surface area contributed by atoms with Gasteiger partial charge < -0.3 is 10.6 Å². The van der Waals surface area contributed by atoms with Gasteiger partial charge in [0.25, 0.3) is 0 Å². The first-order valence-corrected chi connectivity index (χ1v) is 6.48. The number of nitrogen functional groups attached to an aromatic ring is 1. The van der Waals surface area contributed by atoms with E-state index < -0.39 is 5.82 Å². The van der Waals surface area contributed by atoms with E-state index in [9.17, 15) is 4.39 Å². The normalized spacial score (nSPS) is 21.4. The summed E-state index contributed by atoms with van der Waals surface area (Å²) in [6, 6.07) is 3.39. The van der Waals surface area contributed by atoms with E-state index in [1.54, 1.807) is 6.07 Å². The standard InChI is InChI=1S/C13H18ClFN2/c1-9-5-3-2-4-6-17(9)13-7-10(14)11(15)8-12(13)16/h7-9H,2-6,16H2,1H3. The zero-order valence-electron chi connectivity index (χ0n) is 10.0. The molecule has 0 spiro atoms. The number of nitrogens with two attached hydrogens (primary N) is 1. The molecule has 2 nitrogen and oxygen atoms in total. The molecule has 0 radical (unpaired) electrons. The molecule has 0 aromatic heterocycles. The molecule has 1 aliphatic rings. The summed E-state index contributed by atoms with van der Waals surface area (Å²) in [5.74, 6) is -0.449. The lowest BCUT2D eigenvalue weighted by atomic mass is 10.1. The summed E-state index contributed by atoms with van der Waals surface area (Å²) >= 11 is 5.84. The van der Waals surface area contributed by atoms with Crippen LogP contribution in [0.4, 0.5) is 15.8 Å². The lowest BCUT2D eigenvalue weighted by Crippen LogP contribution is -2.33. The van der Waals surface area contributed by atoms with Crippen molar-refractivity contribution in [2.75, 3.05) is 17.2 Å². The molecule has 1 heterocycles. The van der Waals surface area contributed by atoms with Gasteiger partial charge in [0.05, 0.1) is 16.4 Å². The smallest absolute Gasteiger partial charge is 0.143 e. The van der Waals surface area contributed by atoms with Crippen molar-refractivity contribution in [2.45, 2.75) is 38.6 Å². The highest BCUT2D eigenvalue weighted by molar-refractivity contribution is 6.31. The SMILES string of the molecule is CC1CCCCCN1c1cc(Cl)c(F)cc1N. The Morgan fingerprint density at radius 3 is 2.88 bits per heavy atom. The number of benzene rings is 1. The largest absolute Gasteiger partial charge is 0.397 e. The molecule has 1 atom stereocenters. The summed E-state index contributed by atoms with van der Waals surface area (Å²) < 4.78 is 13.3. The highest BCUT2D eigenvalue weighted by atomic mass is 35.5. The van der Waals surface area contributed by atoms with Crippen LogP contribution in [0, 0.1) is 5.82 Å². The van der Waals surface area contributed by atoms with Gasteiger partial charge in [-0.25, -0.2) is 4.39 Å². The molecule has 0 aliphatic carbocycles. The van der Waals surface area contributed by atoms with Crippen LogP contribution in [-0.2, 0) is 0 Å². The second-order valence-electron chi connectivity index (χ2n) is 4.72. The highest BCUT2D eigenvalue weighted by Gasteiger charge is 2.20. The molecule has 2 N–H and O–H groups in total. The van der Waals surface area contributed by atoms with E-state index in [1.807, 2.05) is 0 Å². The summed E-state index contributed by atoms with van der Waals surface area (Å²) in [4.78, 5) is 2.24. The number of rotatable bonds is 1. The second-order valence-corrected chi connectivity index (χ2v) is 5.12. The third-order valence-corrected chi connectivity index (χ3v) is 3.72. The van der Waals surface area contributed by atoms with Crippen LogP contribution in [0.3, 0.4) is 0 Å². The Labute approximate surface area is 107 Å². The number of hydrogen-bond donors (Lipinski definition) is 1. The summed E-state index contributed by atoms with van der Waals surface area (Å²) in [6.07, 6.45) is 4.79. The van der Waals surface area contributed by atoms with Crippen molar-refractivity contribution < 1.29 is 4.39 Å². The van der Waals surface area contributed by atoms with E-state index in [-0.39, 0.29) is 5.02 Å². The minimum atomic E-state index is -0.449. The molecule has 1 aromatic rings. The summed E-state index contributed by atoms with van der Waals surface area (Å²) in [6.45, 7) is 3.15. The fraction of sp³-hybridized carbons (Fsp3) is 0.538. The van der Waals surface area contributed by atoms with Crippen LogP contribution in [0.2, 0.25) is 5.02 Å². The molecule has 17 heavy (non-hydrogen) atoms. The van der Waals surface area contributed by atoms with Crippen LogP contribution in [0.5, 0.6) is 0 Å². The van der Waals surface area contributed by atoms with Gasteiger partial charge in [-0.1, -0.05) is 24.4 Å². The molecule has 1 saturated heterocycles. The summed E-state index contributed by atoms with van der Waals surface area (Å²) in [7, 11) is 0. The van der Waals surface area contributed by atoms with Crippen molar-refractivity contribution in [3.05, 3.63) is 23.0 Å². The minimum absolute atomic E-state index is 0.144. The van der Waals surface area contributed by atoms with Gasteiger partial charge in [-0.05, 0) is 25.8 Å². The molecule has 0 saturated carbocycles. The van der Waals surface area contributed by atoms with E-state index in [1.165, 1.54) is 18.9 Å². The second kappa shape index (κ2) is 5.13. The fourth-order valence-corrected chi connectivity index (χ4v) is 2.59. The first-order chi connectivity index (χ1) is 8.09. The molecule has 0 amide bonds. The van der Waals surface area contributed by atoms with Crippen molar-refractivity contribution in [1.29, 1.82) is 0 Å². The average Bonchev–Trinajstić information content (AvgIpc) is 2.49. The summed E-state index contributed by atoms with van der Waals surface area (Å²) in [5, 5.41) is 0.144. The molecule has 0 bridgehead atoms. The average molecular weight is 257 g/mol. The van der Waals surface area contributed by atoms with E-state index in [0.29, 0.717) is 11.7 Å². The number of halogens is 2. The lowest BCUT2D eigenvalue weighted by Gasteiger charge is -2.30. The summed E-state index contributed by atoms with van der Waals surface area (Å²) in [5.41, 5.74) is 7.23. The third-order valence-electron chi connectivity index (χ3n) is 3.43. The van der Waals surface area contributed by atoms with Gasteiger partial charge in [-0.15, -0.1) is 0 Å². The fourth-order valence-electron chi connectivity index (χ4n) is 2.43. The maximum Gasteiger partial charge on any atom is 0.143 e. The topological polar surface area (TPSA) is 29.3 Å². The van der Waals surface area contributed by atoms with Gasteiger partial charge in [0, 0.05) is 18.7 Å². The molecule has 1 aliphatic heterocycles. The molecule has 94 valence electrons. The zero-order chi connectivity index (χ0) is 12.4. The van der Waals surface area contributed by atoms with Gasteiger partial charge >= 0.3 is 0 Å². The Morgan fingerprint density at radius 1 is 1.35 bits per heavy atom. The molecule has 1 unspecified atom stereocenters. The maximum absolute atomic E-state index is 13.3. The van der Waals surface area contributed by atoms with Crippen molar-refractivity contribution in [3.63, 3.8) is 0 Å². The monoisotopic (exact) mass is 256 g/mol. The molecular formula is C13H18ClFN2. The molecule has 2 rings (SSSR count). The number of hydrogen-bond acceptors (Lipinski definition) is 2. The predicted molar refractivity (Wildman–Crippen MR) is 71.1 cm³/mol. The Balaban J connectivity index is 2.34. The molecule has 1 fully saturated rings. The van der Waals surface area contributed by atoms with Crippen LogP contribution >= 0.6 is 11.6 Å². The minimum Gasteiger partial charge on any atom is -0.397 e. The van der Waals surface area contributed by atoms with Crippen LogP contribution in [-0.4, -0.2) is 12.6 Å². The van der Waals surface area contributed by atoms with Crippen molar-refractivity contribution in [2.24, 2.45) is 0 Å². The number of anilines is 2. The van der Waals surface area contributed by atoms with Gasteiger partial charge in [-0.2, -0.15) is 0 Å². The maximum atomic E-state index is 13.3. The van der Waals surface area contributed by atoms with Gasteiger partial charge in [0.1, 0.15) is 5.82 Å². The molecular weight excluding hydrogens is 239 g/mol. The van der Waals surface area contributed by atoms with E-state index in [0.717, 1.165) is 25.1 Å².